The third kappa shape index (κ3) is 5.78. The van der Waals surface area contributed by atoms with Crippen LogP contribution in [0.2, 0.25) is 0 Å². The van der Waals surface area contributed by atoms with Gasteiger partial charge in [0.25, 0.3) is 0 Å². The number of hydrazone groups is 1. The number of carboxylic acids is 1. The van der Waals surface area contributed by atoms with Crippen LogP contribution in [0.4, 0.5) is 26.3 Å². The van der Waals surface area contributed by atoms with Gasteiger partial charge < -0.3 is 20.3 Å². The van der Waals surface area contributed by atoms with Crippen molar-refractivity contribution in [1.29, 1.82) is 0 Å². The minimum atomic E-state index is -4.96. The highest BCUT2D eigenvalue weighted by Gasteiger charge is 2.37. The zero-order valence-electron chi connectivity index (χ0n) is 15.7. The second-order valence-electron chi connectivity index (χ2n) is 7.01. The Kier molecular flexibility index (Phi) is 6.30. The van der Waals surface area contributed by atoms with Crippen LogP contribution in [-0.4, -0.2) is 36.4 Å². The van der Waals surface area contributed by atoms with Crippen molar-refractivity contribution in [3.63, 3.8) is 0 Å². The lowest BCUT2D eigenvalue weighted by molar-refractivity contribution is -0.144. The minimum absolute atomic E-state index is 0.0430. The minimum Gasteiger partial charge on any atom is -0.481 e. The van der Waals surface area contributed by atoms with Crippen LogP contribution in [0.1, 0.15) is 23.3 Å². The van der Waals surface area contributed by atoms with Crippen LogP contribution in [0.25, 0.3) is 11.3 Å². The van der Waals surface area contributed by atoms with Crippen molar-refractivity contribution in [2.45, 2.75) is 24.8 Å². The van der Waals surface area contributed by atoms with Crippen LogP contribution < -0.4 is 10.7 Å². The second kappa shape index (κ2) is 8.61. The predicted octanol–water partition coefficient (Wildman–Crippen LogP) is 3.97. The van der Waals surface area contributed by atoms with Crippen molar-refractivity contribution in [1.82, 2.24) is 10.7 Å². The number of aliphatic carboxylic acids is 1. The molecule has 31 heavy (non-hydrogen) atoms. The first-order chi connectivity index (χ1) is 14.4. The zero-order valence-corrected chi connectivity index (χ0v) is 15.7. The van der Waals surface area contributed by atoms with Crippen LogP contribution in [0.3, 0.4) is 0 Å². The van der Waals surface area contributed by atoms with Gasteiger partial charge in [-0.05, 0) is 36.8 Å². The normalized spacial score (nSPS) is 20.2. The Morgan fingerprint density at radius 3 is 2.32 bits per heavy atom. The number of carboxylic acid groups (broad SMARTS) is 1. The quantitative estimate of drug-likeness (QED) is 0.365. The first-order valence-corrected chi connectivity index (χ1v) is 9.05. The van der Waals surface area contributed by atoms with Gasteiger partial charge in [-0.15, -0.1) is 0 Å². The van der Waals surface area contributed by atoms with Crippen molar-refractivity contribution in [3.05, 3.63) is 47.2 Å². The molecular formula is C19H17F6N3O3. The van der Waals surface area contributed by atoms with Crippen LogP contribution >= 0.6 is 0 Å². The van der Waals surface area contributed by atoms with Crippen molar-refractivity contribution in [2.75, 3.05) is 13.1 Å². The van der Waals surface area contributed by atoms with Crippen LogP contribution in [0.15, 0.2) is 39.9 Å². The van der Waals surface area contributed by atoms with Gasteiger partial charge in [0.15, 0.2) is 0 Å². The Morgan fingerprint density at radius 2 is 1.74 bits per heavy atom. The lowest BCUT2D eigenvalue weighted by Gasteiger charge is -2.26. The molecular weight excluding hydrogens is 432 g/mol. The van der Waals surface area contributed by atoms with Gasteiger partial charge in [0.05, 0.1) is 29.3 Å². The molecule has 2 aromatic rings. The third-order valence-corrected chi connectivity index (χ3v) is 4.65. The van der Waals surface area contributed by atoms with Crippen molar-refractivity contribution in [2.24, 2.45) is 11.0 Å². The van der Waals surface area contributed by atoms with Gasteiger partial charge in [0, 0.05) is 18.7 Å². The molecule has 0 saturated carbocycles. The molecule has 0 aliphatic carbocycles. The number of benzene rings is 1. The van der Waals surface area contributed by atoms with Gasteiger partial charge in [0.2, 0.25) is 0 Å². The fraction of sp³-hybridized carbons (Fsp3) is 0.368. The molecule has 3 rings (SSSR count). The van der Waals surface area contributed by atoms with Crippen LogP contribution in [0, 0.1) is 5.92 Å². The number of alkyl halides is 6. The van der Waals surface area contributed by atoms with E-state index in [0.717, 1.165) is 0 Å². The summed E-state index contributed by atoms with van der Waals surface area (Å²) in [7, 11) is 0. The van der Waals surface area contributed by atoms with Crippen LogP contribution in [0.5, 0.6) is 0 Å². The van der Waals surface area contributed by atoms with E-state index in [1.165, 1.54) is 18.3 Å². The average molecular weight is 449 g/mol. The Balaban J connectivity index is 1.76. The summed E-state index contributed by atoms with van der Waals surface area (Å²) in [5, 5.41) is 15.9. The Hall–Kier alpha value is -3.02. The highest BCUT2D eigenvalue weighted by Crippen LogP contribution is 2.38. The Bertz CT molecular complexity index is 935. The molecule has 1 saturated heterocycles. The molecule has 2 heterocycles. The number of halogens is 6. The van der Waals surface area contributed by atoms with E-state index < -0.39 is 35.4 Å². The maximum Gasteiger partial charge on any atom is 0.416 e. The molecule has 1 aromatic carbocycles. The summed E-state index contributed by atoms with van der Waals surface area (Å²) in [6, 6.07) is 3.51. The molecule has 0 bridgehead atoms. The number of furan rings is 1. The molecule has 0 radical (unpaired) electrons. The molecule has 0 spiro atoms. The number of nitrogens with one attached hydrogen (secondary N) is 2. The molecule has 2 atom stereocenters. The molecule has 168 valence electrons. The van der Waals surface area contributed by atoms with E-state index in [4.69, 9.17) is 9.52 Å². The standard InChI is InChI=1S/C19H17F6N3O3/c20-18(21,22)12-3-10(4-13(6-12)19(23,24)25)16-2-1-15(31-16)9-27-28-14-5-11(17(29)30)7-26-8-14/h1-4,6,9,11,14,26,28H,5,7-8H2,(H,29,30)/b27-9+/t11-,14+/m1/s1. The maximum atomic E-state index is 13.0. The number of hydrogen-bond acceptors (Lipinski definition) is 5. The number of rotatable bonds is 5. The maximum absolute atomic E-state index is 13.0. The largest absolute Gasteiger partial charge is 0.481 e. The van der Waals surface area contributed by atoms with Crippen LogP contribution in [-0.2, 0) is 17.1 Å². The fourth-order valence-corrected chi connectivity index (χ4v) is 3.11. The Morgan fingerprint density at radius 1 is 1.10 bits per heavy atom. The highest BCUT2D eigenvalue weighted by atomic mass is 19.4. The summed E-state index contributed by atoms with van der Waals surface area (Å²) in [4.78, 5) is 11.0. The Labute approximate surface area is 171 Å². The monoisotopic (exact) mass is 449 g/mol. The molecule has 0 amide bonds. The highest BCUT2D eigenvalue weighted by molar-refractivity contribution is 5.77. The smallest absolute Gasteiger partial charge is 0.416 e. The first kappa shape index (κ1) is 22.7. The summed E-state index contributed by atoms with van der Waals surface area (Å²) in [6.45, 7) is 0.824. The summed E-state index contributed by atoms with van der Waals surface area (Å²) in [5.74, 6) is -1.60. The van der Waals surface area contributed by atoms with E-state index in [-0.39, 0.29) is 29.2 Å². The van der Waals surface area contributed by atoms with Gasteiger partial charge >= 0.3 is 18.3 Å². The van der Waals surface area contributed by atoms with E-state index in [0.29, 0.717) is 31.6 Å². The summed E-state index contributed by atoms with van der Waals surface area (Å²) >= 11 is 0. The van der Waals surface area contributed by atoms with E-state index in [1.54, 1.807) is 0 Å². The summed E-state index contributed by atoms with van der Waals surface area (Å²) in [6.07, 6.45) is -8.38. The first-order valence-electron chi connectivity index (χ1n) is 9.05. The SMILES string of the molecule is O=C(O)[C@H]1CNC[C@@H](N/N=C/c2ccc(-c3cc(C(F)(F)F)cc(C(F)(F)F)c3)o2)C1. The van der Waals surface area contributed by atoms with Crippen molar-refractivity contribution < 1.29 is 40.7 Å². The van der Waals surface area contributed by atoms with Gasteiger partial charge in [-0.1, -0.05) is 0 Å². The van der Waals surface area contributed by atoms with E-state index in [2.05, 4.69) is 15.8 Å². The number of hydrogen-bond donors (Lipinski definition) is 3. The molecule has 3 N–H and O–H groups in total. The summed E-state index contributed by atoms with van der Waals surface area (Å²) < 4.78 is 83.4. The van der Waals surface area contributed by atoms with Gasteiger partial charge in [0.1, 0.15) is 11.5 Å². The fourth-order valence-electron chi connectivity index (χ4n) is 3.11. The zero-order chi connectivity index (χ0) is 22.8. The van der Waals surface area contributed by atoms with E-state index >= 15 is 0 Å². The number of piperidine rings is 1. The molecule has 1 aliphatic heterocycles. The molecule has 6 nitrogen and oxygen atoms in total. The van der Waals surface area contributed by atoms with E-state index in [1.807, 2.05) is 0 Å². The molecule has 0 unspecified atom stereocenters. The number of carbonyl (C=O) groups is 1. The van der Waals surface area contributed by atoms with Gasteiger partial charge in [-0.3, -0.25) is 4.79 Å². The second-order valence-corrected chi connectivity index (χ2v) is 7.01. The molecule has 1 aromatic heterocycles. The average Bonchev–Trinajstić information content (AvgIpc) is 3.15. The molecule has 1 fully saturated rings. The summed E-state index contributed by atoms with van der Waals surface area (Å²) in [5.41, 5.74) is -0.514. The molecule has 12 heteroatoms. The topological polar surface area (TPSA) is 86.9 Å². The predicted molar refractivity (Wildman–Crippen MR) is 97.3 cm³/mol. The van der Waals surface area contributed by atoms with Crippen molar-refractivity contribution in [3.8, 4) is 11.3 Å². The van der Waals surface area contributed by atoms with E-state index in [9.17, 15) is 31.1 Å². The van der Waals surface area contributed by atoms with Crippen molar-refractivity contribution >= 4 is 12.2 Å². The lowest BCUT2D eigenvalue weighted by atomic mass is 9.96. The third-order valence-electron chi connectivity index (χ3n) is 4.65. The lowest BCUT2D eigenvalue weighted by Crippen LogP contribution is -2.47. The van der Waals surface area contributed by atoms with Gasteiger partial charge in [-0.25, -0.2) is 0 Å². The number of nitrogens with zero attached hydrogens (tertiary/aromatic N) is 1. The van der Waals surface area contributed by atoms with Gasteiger partial charge in [-0.2, -0.15) is 31.4 Å². The molecule has 1 aliphatic rings.